The number of rotatable bonds is 9. The van der Waals surface area contributed by atoms with Crippen molar-refractivity contribution in [1.29, 1.82) is 0 Å². The third-order valence-electron chi connectivity index (χ3n) is 3.28. The van der Waals surface area contributed by atoms with E-state index in [9.17, 15) is 9.59 Å². The summed E-state index contributed by atoms with van der Waals surface area (Å²) in [6.45, 7) is 2.78. The average Bonchev–Trinajstić information content (AvgIpc) is 2.58. The molecule has 128 valence electrons. The Balaban J connectivity index is 2.98. The molecule has 7 nitrogen and oxygen atoms in total. The Morgan fingerprint density at radius 3 is 2.39 bits per heavy atom. The molecule has 1 rings (SSSR count). The number of carbonyl (C=O) groups is 2. The summed E-state index contributed by atoms with van der Waals surface area (Å²) < 4.78 is 15.2. The quantitative estimate of drug-likeness (QED) is 0.660. The molecule has 0 aliphatic rings. The Morgan fingerprint density at radius 1 is 1.13 bits per heavy atom. The van der Waals surface area contributed by atoms with Crippen LogP contribution >= 0.6 is 0 Å². The lowest BCUT2D eigenvalue weighted by molar-refractivity contribution is -0.141. The summed E-state index contributed by atoms with van der Waals surface area (Å²) in [6, 6.07) is 4.74. The molecule has 0 spiro atoms. The van der Waals surface area contributed by atoms with Crippen molar-refractivity contribution < 1.29 is 23.8 Å². The van der Waals surface area contributed by atoms with Gasteiger partial charge in [0.2, 0.25) is 5.91 Å². The Morgan fingerprint density at radius 2 is 1.83 bits per heavy atom. The molecule has 0 fully saturated rings. The van der Waals surface area contributed by atoms with Gasteiger partial charge in [0, 0.05) is 0 Å². The van der Waals surface area contributed by atoms with Crippen LogP contribution in [0.3, 0.4) is 0 Å². The van der Waals surface area contributed by atoms with Crippen LogP contribution < -0.4 is 20.1 Å². The number of methoxy groups -OCH3 is 3. The van der Waals surface area contributed by atoms with E-state index >= 15 is 0 Å². The van der Waals surface area contributed by atoms with Crippen LogP contribution in [0.15, 0.2) is 18.2 Å². The number of hydrogen-bond donors (Lipinski definition) is 2. The van der Waals surface area contributed by atoms with Crippen LogP contribution in [-0.2, 0) is 14.3 Å². The predicted molar refractivity (Wildman–Crippen MR) is 85.6 cm³/mol. The number of esters is 1. The lowest BCUT2D eigenvalue weighted by Crippen LogP contribution is -2.37. The standard InChI is InChI=1S/C16H24N2O5/c1-5-17-10-15(19)18-12(9-16(20)23-4)11-6-7-13(21-2)14(8-11)22-3/h6-8,12,17H,5,9-10H2,1-4H3,(H,18,19). The van der Waals surface area contributed by atoms with Crippen LogP contribution in [0.4, 0.5) is 0 Å². The number of nitrogens with one attached hydrogen (secondary N) is 2. The fourth-order valence-electron chi connectivity index (χ4n) is 2.06. The lowest BCUT2D eigenvalue weighted by Gasteiger charge is -2.20. The molecule has 1 unspecified atom stereocenters. The predicted octanol–water partition coefficient (Wildman–Crippen LogP) is 1.03. The highest BCUT2D eigenvalue weighted by atomic mass is 16.5. The van der Waals surface area contributed by atoms with Crippen molar-refractivity contribution in [3.8, 4) is 11.5 Å². The molecular weight excluding hydrogens is 300 g/mol. The fourth-order valence-corrected chi connectivity index (χ4v) is 2.06. The van der Waals surface area contributed by atoms with E-state index in [1.807, 2.05) is 6.92 Å². The molecule has 23 heavy (non-hydrogen) atoms. The van der Waals surface area contributed by atoms with E-state index in [0.29, 0.717) is 18.0 Å². The topological polar surface area (TPSA) is 85.9 Å². The van der Waals surface area contributed by atoms with Crippen LogP contribution in [-0.4, -0.2) is 46.3 Å². The molecule has 0 saturated carbocycles. The van der Waals surface area contributed by atoms with Gasteiger partial charge in [0.15, 0.2) is 11.5 Å². The third-order valence-corrected chi connectivity index (χ3v) is 3.28. The smallest absolute Gasteiger partial charge is 0.307 e. The van der Waals surface area contributed by atoms with Gasteiger partial charge < -0.3 is 24.8 Å². The van der Waals surface area contributed by atoms with E-state index in [1.165, 1.54) is 14.2 Å². The minimum absolute atomic E-state index is 0.0316. The van der Waals surface area contributed by atoms with Gasteiger partial charge in [-0.3, -0.25) is 9.59 Å². The summed E-state index contributed by atoms with van der Waals surface area (Å²) in [7, 11) is 4.39. The molecule has 0 bridgehead atoms. The van der Waals surface area contributed by atoms with E-state index in [0.717, 1.165) is 5.56 Å². The highest BCUT2D eigenvalue weighted by Gasteiger charge is 2.20. The van der Waals surface area contributed by atoms with Crippen LogP contribution in [0, 0.1) is 0 Å². The number of ether oxygens (including phenoxy) is 3. The number of benzene rings is 1. The first-order chi connectivity index (χ1) is 11.0. The molecule has 1 amide bonds. The van der Waals surface area contributed by atoms with Crippen molar-refractivity contribution in [1.82, 2.24) is 10.6 Å². The Hall–Kier alpha value is -2.28. The Kier molecular flexibility index (Phi) is 7.90. The molecule has 2 N–H and O–H groups in total. The van der Waals surface area contributed by atoms with Crippen molar-refractivity contribution in [2.75, 3.05) is 34.4 Å². The van der Waals surface area contributed by atoms with Crippen molar-refractivity contribution in [3.05, 3.63) is 23.8 Å². The first-order valence-corrected chi connectivity index (χ1v) is 7.34. The third kappa shape index (κ3) is 5.78. The highest BCUT2D eigenvalue weighted by molar-refractivity contribution is 5.79. The molecule has 0 aliphatic carbocycles. The van der Waals surface area contributed by atoms with Crippen molar-refractivity contribution in [2.45, 2.75) is 19.4 Å². The van der Waals surface area contributed by atoms with Gasteiger partial charge in [0.25, 0.3) is 0 Å². The molecule has 0 saturated heterocycles. The average molecular weight is 324 g/mol. The minimum atomic E-state index is -0.506. The van der Waals surface area contributed by atoms with Gasteiger partial charge in [0.1, 0.15) is 0 Å². The SMILES string of the molecule is CCNCC(=O)NC(CC(=O)OC)c1ccc(OC)c(OC)c1. The second kappa shape index (κ2) is 9.68. The second-order valence-corrected chi connectivity index (χ2v) is 4.80. The van der Waals surface area contributed by atoms with Gasteiger partial charge in [-0.25, -0.2) is 0 Å². The molecular formula is C16H24N2O5. The van der Waals surface area contributed by atoms with E-state index < -0.39 is 12.0 Å². The zero-order chi connectivity index (χ0) is 17.2. The molecule has 0 radical (unpaired) electrons. The van der Waals surface area contributed by atoms with Gasteiger partial charge in [0.05, 0.1) is 40.3 Å². The summed E-state index contributed by atoms with van der Waals surface area (Å²) in [4.78, 5) is 23.6. The summed E-state index contributed by atoms with van der Waals surface area (Å²) in [5.41, 5.74) is 0.734. The number of likely N-dealkylation sites (N-methyl/N-ethyl adjacent to an activating group) is 1. The molecule has 1 aromatic carbocycles. The normalized spacial score (nSPS) is 11.5. The van der Waals surface area contributed by atoms with Gasteiger partial charge in [-0.1, -0.05) is 13.0 Å². The summed E-state index contributed by atoms with van der Waals surface area (Å²) in [5, 5.41) is 5.76. The molecule has 7 heteroatoms. The Bertz CT molecular complexity index is 533. The maximum Gasteiger partial charge on any atom is 0.307 e. The first kappa shape index (κ1) is 18.8. The fraction of sp³-hybridized carbons (Fsp3) is 0.500. The minimum Gasteiger partial charge on any atom is -0.493 e. The monoisotopic (exact) mass is 324 g/mol. The maximum absolute atomic E-state index is 12.0. The largest absolute Gasteiger partial charge is 0.493 e. The summed E-state index contributed by atoms with van der Waals surface area (Å²) in [6.07, 6.45) is 0.0316. The number of carbonyl (C=O) groups excluding carboxylic acids is 2. The zero-order valence-electron chi connectivity index (χ0n) is 14.0. The van der Waals surface area contributed by atoms with Crippen molar-refractivity contribution in [2.24, 2.45) is 0 Å². The zero-order valence-corrected chi connectivity index (χ0v) is 14.0. The van der Waals surface area contributed by atoms with E-state index in [1.54, 1.807) is 25.3 Å². The molecule has 0 aromatic heterocycles. The summed E-state index contributed by atoms with van der Waals surface area (Å²) >= 11 is 0. The van der Waals surface area contributed by atoms with Crippen molar-refractivity contribution >= 4 is 11.9 Å². The van der Waals surface area contributed by atoms with E-state index in [2.05, 4.69) is 10.6 Å². The first-order valence-electron chi connectivity index (χ1n) is 7.34. The lowest BCUT2D eigenvalue weighted by atomic mass is 10.0. The van der Waals surface area contributed by atoms with Crippen LogP contribution in [0.2, 0.25) is 0 Å². The Labute approximate surface area is 136 Å². The van der Waals surface area contributed by atoms with Gasteiger partial charge in [-0.2, -0.15) is 0 Å². The summed E-state index contributed by atoms with van der Waals surface area (Å²) in [5.74, 6) is 0.497. The number of hydrogen-bond acceptors (Lipinski definition) is 6. The molecule has 1 atom stereocenters. The van der Waals surface area contributed by atoms with Crippen LogP contribution in [0.5, 0.6) is 11.5 Å². The van der Waals surface area contributed by atoms with Gasteiger partial charge in [-0.05, 0) is 24.2 Å². The van der Waals surface area contributed by atoms with Gasteiger partial charge >= 0.3 is 5.97 Å². The molecule has 1 aromatic rings. The van der Waals surface area contributed by atoms with Crippen LogP contribution in [0.1, 0.15) is 24.9 Å². The van der Waals surface area contributed by atoms with Gasteiger partial charge in [-0.15, -0.1) is 0 Å². The number of amides is 1. The van der Waals surface area contributed by atoms with Crippen LogP contribution in [0.25, 0.3) is 0 Å². The van der Waals surface area contributed by atoms with E-state index in [4.69, 9.17) is 14.2 Å². The van der Waals surface area contributed by atoms with E-state index in [-0.39, 0.29) is 18.9 Å². The van der Waals surface area contributed by atoms with Crippen molar-refractivity contribution in [3.63, 3.8) is 0 Å². The highest BCUT2D eigenvalue weighted by Crippen LogP contribution is 2.31. The molecule has 0 heterocycles. The molecule has 0 aliphatic heterocycles. The maximum atomic E-state index is 12.0. The second-order valence-electron chi connectivity index (χ2n) is 4.80.